The molecule has 1 saturated heterocycles. The maximum atomic E-state index is 12.5. The van der Waals surface area contributed by atoms with E-state index in [0.29, 0.717) is 31.2 Å². The lowest BCUT2D eigenvalue weighted by molar-refractivity contribution is -0.123. The molecule has 2 aliphatic rings. The van der Waals surface area contributed by atoms with Gasteiger partial charge in [0.25, 0.3) is 5.91 Å². The molecule has 1 saturated carbocycles. The van der Waals surface area contributed by atoms with Gasteiger partial charge in [-0.25, -0.2) is 0 Å². The highest BCUT2D eigenvalue weighted by atomic mass is 16.2. The van der Waals surface area contributed by atoms with E-state index in [1.165, 1.54) is 25.7 Å². The summed E-state index contributed by atoms with van der Waals surface area (Å²) in [5.41, 5.74) is 1.68. The standard InChI is InChI=1S/C19H27N5O2/c1-20-19(23-16-4-2-3-5-16)22-12-14-6-8-15(9-7-14)18(26)24-11-10-21-17(25)13-24/h6-9,16H,2-5,10-13H2,1H3,(H,21,25)(H2,20,22,23). The topological polar surface area (TPSA) is 85.8 Å². The number of rotatable bonds is 4. The predicted octanol–water partition coefficient (Wildman–Crippen LogP) is 0.866. The van der Waals surface area contributed by atoms with E-state index >= 15 is 0 Å². The highest BCUT2D eigenvalue weighted by molar-refractivity contribution is 5.97. The van der Waals surface area contributed by atoms with Crippen LogP contribution in [0.25, 0.3) is 0 Å². The number of carbonyl (C=O) groups excluding carboxylic acids is 2. The van der Waals surface area contributed by atoms with Gasteiger partial charge in [0.05, 0.1) is 6.54 Å². The maximum Gasteiger partial charge on any atom is 0.254 e. The van der Waals surface area contributed by atoms with Gasteiger partial charge in [-0.05, 0) is 30.5 Å². The second-order valence-electron chi connectivity index (χ2n) is 6.83. The van der Waals surface area contributed by atoms with Gasteiger partial charge >= 0.3 is 0 Å². The van der Waals surface area contributed by atoms with Gasteiger partial charge in [0.1, 0.15) is 0 Å². The van der Waals surface area contributed by atoms with Crippen molar-refractivity contribution in [2.45, 2.75) is 38.3 Å². The Labute approximate surface area is 154 Å². The van der Waals surface area contributed by atoms with Crippen molar-refractivity contribution in [1.82, 2.24) is 20.9 Å². The largest absolute Gasteiger partial charge is 0.354 e. The molecule has 0 spiro atoms. The molecule has 2 amide bonds. The summed E-state index contributed by atoms with van der Waals surface area (Å²) in [4.78, 5) is 29.8. The number of amides is 2. The molecule has 2 fully saturated rings. The SMILES string of the molecule is CN=C(NCc1ccc(C(=O)N2CCNC(=O)C2)cc1)NC1CCCC1. The van der Waals surface area contributed by atoms with Crippen molar-refractivity contribution in [3.05, 3.63) is 35.4 Å². The van der Waals surface area contributed by atoms with E-state index in [4.69, 9.17) is 0 Å². The zero-order valence-electron chi connectivity index (χ0n) is 15.3. The fourth-order valence-corrected chi connectivity index (χ4v) is 3.40. The third-order valence-electron chi connectivity index (χ3n) is 4.91. The van der Waals surface area contributed by atoms with Crippen molar-refractivity contribution >= 4 is 17.8 Å². The van der Waals surface area contributed by atoms with Gasteiger partial charge in [0.2, 0.25) is 5.91 Å². The molecular weight excluding hydrogens is 330 g/mol. The monoisotopic (exact) mass is 357 g/mol. The molecule has 0 aromatic heterocycles. The van der Waals surface area contributed by atoms with Gasteiger partial charge < -0.3 is 20.9 Å². The Morgan fingerprint density at radius 3 is 2.65 bits per heavy atom. The summed E-state index contributed by atoms with van der Waals surface area (Å²) in [6.45, 7) is 1.84. The summed E-state index contributed by atoms with van der Waals surface area (Å²) in [5, 5.41) is 9.50. The van der Waals surface area contributed by atoms with Gasteiger partial charge in [-0.3, -0.25) is 14.6 Å². The lowest BCUT2D eigenvalue weighted by Gasteiger charge is -2.26. The molecule has 1 aromatic carbocycles. The number of carbonyl (C=O) groups is 2. The fourth-order valence-electron chi connectivity index (χ4n) is 3.40. The number of guanidine groups is 1. The van der Waals surface area contributed by atoms with Crippen LogP contribution in [0.2, 0.25) is 0 Å². The molecule has 1 aromatic rings. The van der Waals surface area contributed by atoms with Crippen molar-refractivity contribution in [3.63, 3.8) is 0 Å². The van der Waals surface area contributed by atoms with Crippen molar-refractivity contribution in [2.24, 2.45) is 4.99 Å². The minimum atomic E-state index is -0.105. The predicted molar refractivity (Wildman–Crippen MR) is 101 cm³/mol. The van der Waals surface area contributed by atoms with Crippen LogP contribution in [0.3, 0.4) is 0 Å². The Bertz CT molecular complexity index is 665. The third-order valence-corrected chi connectivity index (χ3v) is 4.91. The lowest BCUT2D eigenvalue weighted by atomic mass is 10.1. The van der Waals surface area contributed by atoms with Crippen LogP contribution in [-0.4, -0.2) is 55.4 Å². The smallest absolute Gasteiger partial charge is 0.254 e. The Morgan fingerprint density at radius 1 is 1.27 bits per heavy atom. The molecule has 1 aliphatic carbocycles. The summed E-state index contributed by atoms with van der Waals surface area (Å²) >= 11 is 0. The zero-order chi connectivity index (χ0) is 18.4. The normalized spacial score (nSPS) is 18.6. The van der Waals surface area contributed by atoms with E-state index in [1.54, 1.807) is 11.9 Å². The molecule has 3 rings (SSSR count). The van der Waals surface area contributed by atoms with Crippen molar-refractivity contribution in [3.8, 4) is 0 Å². The average Bonchev–Trinajstić information content (AvgIpc) is 3.18. The quantitative estimate of drug-likeness (QED) is 0.551. The van der Waals surface area contributed by atoms with E-state index in [9.17, 15) is 9.59 Å². The number of hydrogen-bond acceptors (Lipinski definition) is 3. The van der Waals surface area contributed by atoms with Gasteiger partial charge in [-0.15, -0.1) is 0 Å². The van der Waals surface area contributed by atoms with Crippen LogP contribution in [0, 0.1) is 0 Å². The number of nitrogens with zero attached hydrogens (tertiary/aromatic N) is 2. The van der Waals surface area contributed by atoms with Gasteiger partial charge in [-0.2, -0.15) is 0 Å². The number of hydrogen-bond donors (Lipinski definition) is 3. The number of aliphatic imine (C=N–C) groups is 1. The van der Waals surface area contributed by atoms with E-state index in [2.05, 4.69) is 20.9 Å². The summed E-state index contributed by atoms with van der Waals surface area (Å²) < 4.78 is 0. The maximum absolute atomic E-state index is 12.5. The molecule has 7 nitrogen and oxygen atoms in total. The molecular formula is C19H27N5O2. The Hall–Kier alpha value is -2.57. The van der Waals surface area contributed by atoms with Gasteiger partial charge in [-0.1, -0.05) is 25.0 Å². The van der Waals surface area contributed by atoms with E-state index in [-0.39, 0.29) is 18.4 Å². The Kier molecular flexibility index (Phi) is 6.09. The van der Waals surface area contributed by atoms with Crippen LogP contribution in [-0.2, 0) is 11.3 Å². The first-order valence-corrected chi connectivity index (χ1v) is 9.28. The fraction of sp³-hybridized carbons (Fsp3) is 0.526. The molecule has 0 atom stereocenters. The second-order valence-corrected chi connectivity index (χ2v) is 6.83. The zero-order valence-corrected chi connectivity index (χ0v) is 15.3. The van der Waals surface area contributed by atoms with Crippen LogP contribution < -0.4 is 16.0 Å². The second kappa shape index (κ2) is 8.69. The number of benzene rings is 1. The summed E-state index contributed by atoms with van der Waals surface area (Å²) in [6.07, 6.45) is 4.96. The molecule has 3 N–H and O–H groups in total. The summed E-state index contributed by atoms with van der Waals surface area (Å²) in [5.74, 6) is 0.612. The van der Waals surface area contributed by atoms with E-state index in [1.807, 2.05) is 24.3 Å². The molecule has 1 heterocycles. The van der Waals surface area contributed by atoms with Crippen molar-refractivity contribution < 1.29 is 9.59 Å². The van der Waals surface area contributed by atoms with Gasteiger partial charge in [0.15, 0.2) is 5.96 Å². The molecule has 0 bridgehead atoms. The minimum Gasteiger partial charge on any atom is -0.354 e. The third kappa shape index (κ3) is 4.74. The van der Waals surface area contributed by atoms with Crippen molar-refractivity contribution in [2.75, 3.05) is 26.7 Å². The van der Waals surface area contributed by atoms with Crippen LogP contribution in [0.15, 0.2) is 29.3 Å². The average molecular weight is 357 g/mol. The van der Waals surface area contributed by atoms with Crippen LogP contribution in [0.1, 0.15) is 41.6 Å². The number of piperazine rings is 1. The van der Waals surface area contributed by atoms with Gasteiger partial charge in [0, 0.05) is 38.3 Å². The summed E-state index contributed by atoms with van der Waals surface area (Å²) in [6, 6.07) is 8.03. The minimum absolute atomic E-state index is 0.0990. The van der Waals surface area contributed by atoms with Crippen molar-refractivity contribution in [1.29, 1.82) is 0 Å². The Balaban J connectivity index is 1.52. The highest BCUT2D eigenvalue weighted by Crippen LogP contribution is 2.17. The first kappa shape index (κ1) is 18.2. The summed E-state index contributed by atoms with van der Waals surface area (Å²) in [7, 11) is 1.78. The van der Waals surface area contributed by atoms with Crippen LogP contribution >= 0.6 is 0 Å². The molecule has 0 radical (unpaired) electrons. The number of nitrogens with one attached hydrogen (secondary N) is 3. The molecule has 26 heavy (non-hydrogen) atoms. The Morgan fingerprint density at radius 2 is 2.00 bits per heavy atom. The van der Waals surface area contributed by atoms with Crippen LogP contribution in [0.5, 0.6) is 0 Å². The van der Waals surface area contributed by atoms with Crippen LogP contribution in [0.4, 0.5) is 0 Å². The first-order chi connectivity index (χ1) is 12.7. The molecule has 140 valence electrons. The molecule has 0 unspecified atom stereocenters. The molecule has 7 heteroatoms. The van der Waals surface area contributed by atoms with E-state index in [0.717, 1.165) is 11.5 Å². The first-order valence-electron chi connectivity index (χ1n) is 9.28. The lowest BCUT2D eigenvalue weighted by Crippen LogP contribution is -2.49. The molecule has 1 aliphatic heterocycles. The highest BCUT2D eigenvalue weighted by Gasteiger charge is 2.22. The van der Waals surface area contributed by atoms with E-state index < -0.39 is 0 Å².